The van der Waals surface area contributed by atoms with Gasteiger partial charge in [-0.2, -0.15) is 0 Å². The molecule has 0 radical (unpaired) electrons. The Hall–Kier alpha value is -4.44. The van der Waals surface area contributed by atoms with Crippen molar-refractivity contribution in [1.82, 2.24) is 0 Å². The third kappa shape index (κ3) is 3.62. The fourth-order valence-corrected chi connectivity index (χ4v) is 4.76. The van der Waals surface area contributed by atoms with Crippen molar-refractivity contribution in [3.05, 3.63) is 88.0 Å². The molecule has 10 nitrogen and oxygen atoms in total. The van der Waals surface area contributed by atoms with Gasteiger partial charge in [0.05, 0.1) is 42.1 Å². The minimum Gasteiger partial charge on any atom is -0.493 e. The van der Waals surface area contributed by atoms with E-state index in [1.165, 1.54) is 31.4 Å². The predicted octanol–water partition coefficient (Wildman–Crippen LogP) is 3.97. The van der Waals surface area contributed by atoms with Crippen molar-refractivity contribution in [1.29, 1.82) is 0 Å². The number of aryl methyl sites for hydroxylation is 1. The second-order valence-corrected chi connectivity index (χ2v) is 8.53. The number of fused-ring (bicyclic) bond motifs is 1. The van der Waals surface area contributed by atoms with Crippen LogP contribution in [0.3, 0.4) is 0 Å². The number of rotatable bonds is 6. The third-order valence-corrected chi connectivity index (χ3v) is 6.47. The highest BCUT2D eigenvalue weighted by Crippen LogP contribution is 2.51. The molecule has 0 unspecified atom stereocenters. The monoisotopic (exact) mass is 489 g/mol. The minimum atomic E-state index is -1.16. The molecule has 2 heterocycles. The molecule has 3 atom stereocenters. The van der Waals surface area contributed by atoms with Crippen molar-refractivity contribution < 1.29 is 28.8 Å². The Morgan fingerprint density at radius 2 is 1.53 bits per heavy atom. The molecule has 2 aliphatic rings. The number of carbonyl (C=O) groups excluding carboxylic acids is 2. The molecule has 2 aliphatic heterocycles. The topological polar surface area (TPSA) is 111 Å². The van der Waals surface area contributed by atoms with Gasteiger partial charge >= 0.3 is 0 Å². The first kappa shape index (κ1) is 23.3. The van der Waals surface area contributed by atoms with Gasteiger partial charge in [-0.05, 0) is 37.3 Å². The van der Waals surface area contributed by atoms with Crippen LogP contribution in [0.1, 0.15) is 17.2 Å². The Morgan fingerprint density at radius 3 is 2.14 bits per heavy atom. The van der Waals surface area contributed by atoms with Gasteiger partial charge in [-0.15, -0.1) is 0 Å². The van der Waals surface area contributed by atoms with Crippen LogP contribution < -0.4 is 19.4 Å². The van der Waals surface area contributed by atoms with Gasteiger partial charge in [-0.25, -0.2) is 9.96 Å². The maximum Gasteiger partial charge on any atom is 0.278 e. The van der Waals surface area contributed by atoms with E-state index in [9.17, 15) is 19.7 Å². The minimum absolute atomic E-state index is 0.168. The van der Waals surface area contributed by atoms with Crippen LogP contribution in [0.15, 0.2) is 66.7 Å². The molecule has 2 fully saturated rings. The van der Waals surface area contributed by atoms with Crippen molar-refractivity contribution in [2.24, 2.45) is 5.92 Å². The number of hydrogen-bond donors (Lipinski definition) is 0. The smallest absolute Gasteiger partial charge is 0.278 e. The lowest BCUT2D eigenvalue weighted by atomic mass is 9.89. The first-order valence-corrected chi connectivity index (χ1v) is 11.2. The Bertz CT molecular complexity index is 1340. The number of amides is 2. The van der Waals surface area contributed by atoms with E-state index in [4.69, 9.17) is 14.3 Å². The first-order chi connectivity index (χ1) is 17.3. The molecule has 0 bridgehead atoms. The van der Waals surface area contributed by atoms with E-state index in [2.05, 4.69) is 0 Å². The number of para-hydroxylation sites is 1. The van der Waals surface area contributed by atoms with Gasteiger partial charge in [0.2, 0.25) is 5.91 Å². The van der Waals surface area contributed by atoms with Crippen LogP contribution in [0.25, 0.3) is 0 Å². The number of anilines is 2. The fourth-order valence-electron chi connectivity index (χ4n) is 4.76. The molecule has 0 N–H and O–H groups in total. The number of nitro benzene ring substituents is 1. The van der Waals surface area contributed by atoms with E-state index in [1.807, 2.05) is 13.0 Å². The molecule has 0 aliphatic carbocycles. The lowest BCUT2D eigenvalue weighted by Crippen LogP contribution is -2.37. The zero-order valence-corrected chi connectivity index (χ0v) is 19.8. The highest BCUT2D eigenvalue weighted by molar-refractivity contribution is 6.24. The van der Waals surface area contributed by atoms with Gasteiger partial charge < -0.3 is 9.47 Å². The summed E-state index contributed by atoms with van der Waals surface area (Å²) >= 11 is 0. The van der Waals surface area contributed by atoms with Crippen LogP contribution in [-0.4, -0.2) is 37.1 Å². The molecule has 5 rings (SSSR count). The number of carbonyl (C=O) groups is 2. The number of ether oxygens (including phenoxy) is 2. The number of nitro groups is 1. The molecule has 0 saturated carbocycles. The standard InChI is InChI=1S/C26H23N3O7/c1-15-9-11-16(12-10-15)27-25(30)22-23(18-13-20(34-2)21(35-3)14-19(18)29(32)33)28(36-24(22)26(27)31)17-7-5-4-6-8-17/h4-14,22-24H,1-3H3/t22-,23-,24+/m1/s1. The number of hydrogen-bond acceptors (Lipinski definition) is 8. The van der Waals surface area contributed by atoms with Crippen molar-refractivity contribution in [3.8, 4) is 11.5 Å². The van der Waals surface area contributed by atoms with Crippen molar-refractivity contribution in [2.75, 3.05) is 24.2 Å². The molecule has 0 spiro atoms. The van der Waals surface area contributed by atoms with Crippen molar-refractivity contribution in [3.63, 3.8) is 0 Å². The highest BCUT2D eigenvalue weighted by Gasteiger charge is 2.61. The molecule has 3 aromatic rings. The van der Waals surface area contributed by atoms with E-state index in [0.717, 1.165) is 10.5 Å². The zero-order valence-electron chi connectivity index (χ0n) is 19.8. The highest BCUT2D eigenvalue weighted by atomic mass is 16.7. The van der Waals surface area contributed by atoms with E-state index < -0.39 is 34.8 Å². The summed E-state index contributed by atoms with van der Waals surface area (Å²) in [6.45, 7) is 1.90. The summed E-state index contributed by atoms with van der Waals surface area (Å²) in [6.07, 6.45) is -1.16. The first-order valence-electron chi connectivity index (χ1n) is 11.2. The van der Waals surface area contributed by atoms with E-state index in [0.29, 0.717) is 11.4 Å². The number of methoxy groups -OCH3 is 2. The Labute approximate surface area is 206 Å². The number of imide groups is 1. The molecule has 0 aromatic heterocycles. The van der Waals surface area contributed by atoms with Crippen LogP contribution in [0.2, 0.25) is 0 Å². The summed E-state index contributed by atoms with van der Waals surface area (Å²) in [6, 6.07) is 17.6. The van der Waals surface area contributed by atoms with Crippen LogP contribution in [-0.2, 0) is 14.4 Å². The lowest BCUT2D eigenvalue weighted by Gasteiger charge is -2.29. The summed E-state index contributed by atoms with van der Waals surface area (Å²) in [5.41, 5.74) is 1.82. The Kier molecular flexibility index (Phi) is 5.81. The zero-order chi connectivity index (χ0) is 25.6. The van der Waals surface area contributed by atoms with Crippen molar-refractivity contribution in [2.45, 2.75) is 19.1 Å². The molecule has 184 valence electrons. The summed E-state index contributed by atoms with van der Waals surface area (Å²) < 4.78 is 10.7. The summed E-state index contributed by atoms with van der Waals surface area (Å²) in [7, 11) is 2.80. The molecule has 3 aromatic carbocycles. The molecular weight excluding hydrogens is 466 g/mol. The molecule has 10 heteroatoms. The molecular formula is C26H23N3O7. The predicted molar refractivity (Wildman–Crippen MR) is 130 cm³/mol. The van der Waals surface area contributed by atoms with Crippen LogP contribution >= 0.6 is 0 Å². The fraction of sp³-hybridized carbons (Fsp3) is 0.231. The number of benzene rings is 3. The summed E-state index contributed by atoms with van der Waals surface area (Å²) in [4.78, 5) is 46.0. The SMILES string of the molecule is COc1cc([C@@H]2[C@H]3C(=O)N(c4ccc(C)cc4)C(=O)[C@H]3ON2c2ccccc2)c([N+](=O)[O-])cc1OC. The maximum absolute atomic E-state index is 13.8. The maximum atomic E-state index is 13.8. The largest absolute Gasteiger partial charge is 0.493 e. The van der Waals surface area contributed by atoms with Gasteiger partial charge in [0.1, 0.15) is 12.0 Å². The second-order valence-electron chi connectivity index (χ2n) is 8.53. The summed E-state index contributed by atoms with van der Waals surface area (Å²) in [5, 5.41) is 13.5. The molecule has 2 amide bonds. The number of hydroxylamine groups is 1. The van der Waals surface area contributed by atoms with E-state index in [1.54, 1.807) is 48.5 Å². The lowest BCUT2D eigenvalue weighted by molar-refractivity contribution is -0.385. The molecule has 2 saturated heterocycles. The van der Waals surface area contributed by atoms with Gasteiger partial charge in [-0.3, -0.25) is 24.5 Å². The van der Waals surface area contributed by atoms with Gasteiger partial charge in [0.25, 0.3) is 11.6 Å². The van der Waals surface area contributed by atoms with Gasteiger partial charge in [-0.1, -0.05) is 35.9 Å². The van der Waals surface area contributed by atoms with Gasteiger partial charge in [0, 0.05) is 0 Å². The van der Waals surface area contributed by atoms with Crippen LogP contribution in [0.4, 0.5) is 17.1 Å². The molecule has 36 heavy (non-hydrogen) atoms. The quantitative estimate of drug-likeness (QED) is 0.291. The average molecular weight is 489 g/mol. The average Bonchev–Trinajstić information content (AvgIpc) is 3.40. The van der Waals surface area contributed by atoms with Crippen LogP contribution in [0, 0.1) is 23.0 Å². The second kappa shape index (κ2) is 8.97. The normalized spacial score (nSPS) is 21.0. The van der Waals surface area contributed by atoms with Crippen molar-refractivity contribution >= 4 is 28.9 Å². The van der Waals surface area contributed by atoms with Crippen LogP contribution in [0.5, 0.6) is 11.5 Å². The van der Waals surface area contributed by atoms with Gasteiger partial charge in [0.15, 0.2) is 17.6 Å². The Morgan fingerprint density at radius 1 is 0.889 bits per heavy atom. The van der Waals surface area contributed by atoms with E-state index in [-0.39, 0.29) is 22.7 Å². The number of nitrogens with zero attached hydrogens (tertiary/aromatic N) is 3. The Balaban J connectivity index is 1.68. The summed E-state index contributed by atoms with van der Waals surface area (Å²) in [5.74, 6) is -1.64. The van der Waals surface area contributed by atoms with E-state index >= 15 is 0 Å². The third-order valence-electron chi connectivity index (χ3n) is 6.47.